The number of amides is 1. The van der Waals surface area contributed by atoms with Crippen molar-refractivity contribution in [2.45, 2.75) is 25.3 Å². The number of nitrogens with zero attached hydrogens (tertiary/aromatic N) is 5. The number of piperazine rings is 1. The van der Waals surface area contributed by atoms with Gasteiger partial charge in [0.2, 0.25) is 11.0 Å². The van der Waals surface area contributed by atoms with Crippen LogP contribution in [0.2, 0.25) is 0 Å². The van der Waals surface area contributed by atoms with E-state index in [1.165, 1.54) is 24.4 Å². The fourth-order valence-corrected chi connectivity index (χ4v) is 3.58. The SMILES string of the molecule is N#Cc1ccc(CN2CCN(c3nc(C4CC4)ns3)CC2=O)cc1. The molecule has 1 amide bonds. The maximum absolute atomic E-state index is 12.4. The lowest BCUT2D eigenvalue weighted by molar-refractivity contribution is -0.131. The molecule has 0 radical (unpaired) electrons. The Balaban J connectivity index is 1.38. The molecule has 4 rings (SSSR count). The van der Waals surface area contributed by atoms with Gasteiger partial charge in [0, 0.05) is 37.1 Å². The van der Waals surface area contributed by atoms with Crippen LogP contribution in [-0.4, -0.2) is 39.8 Å². The lowest BCUT2D eigenvalue weighted by Crippen LogP contribution is -2.50. The van der Waals surface area contributed by atoms with Crippen molar-refractivity contribution in [1.29, 1.82) is 5.26 Å². The third-order valence-electron chi connectivity index (χ3n) is 4.42. The molecule has 1 saturated heterocycles. The maximum atomic E-state index is 12.4. The number of carbonyl (C=O) groups is 1. The summed E-state index contributed by atoms with van der Waals surface area (Å²) >= 11 is 1.40. The molecular formula is C17H17N5OS. The van der Waals surface area contributed by atoms with Crippen molar-refractivity contribution in [1.82, 2.24) is 14.3 Å². The number of hydrogen-bond acceptors (Lipinski definition) is 6. The summed E-state index contributed by atoms with van der Waals surface area (Å²) in [6.45, 7) is 2.40. The summed E-state index contributed by atoms with van der Waals surface area (Å²) < 4.78 is 4.42. The van der Waals surface area contributed by atoms with E-state index in [-0.39, 0.29) is 5.91 Å². The minimum absolute atomic E-state index is 0.105. The highest BCUT2D eigenvalue weighted by Crippen LogP contribution is 2.39. The molecule has 6 nitrogen and oxygen atoms in total. The van der Waals surface area contributed by atoms with E-state index in [1.54, 1.807) is 12.1 Å². The van der Waals surface area contributed by atoms with Crippen molar-refractivity contribution in [2.75, 3.05) is 24.5 Å². The first-order valence-corrected chi connectivity index (χ1v) is 8.85. The summed E-state index contributed by atoms with van der Waals surface area (Å²) in [7, 11) is 0. The van der Waals surface area contributed by atoms with Crippen LogP contribution < -0.4 is 4.90 Å². The van der Waals surface area contributed by atoms with Crippen LogP contribution in [0.1, 0.15) is 35.7 Å². The van der Waals surface area contributed by atoms with Crippen molar-refractivity contribution in [2.24, 2.45) is 0 Å². The van der Waals surface area contributed by atoms with Gasteiger partial charge in [-0.1, -0.05) is 12.1 Å². The fraction of sp³-hybridized carbons (Fsp3) is 0.412. The molecule has 1 saturated carbocycles. The molecule has 2 heterocycles. The Morgan fingerprint density at radius 2 is 2.04 bits per heavy atom. The molecule has 122 valence electrons. The van der Waals surface area contributed by atoms with Crippen LogP contribution in [0.15, 0.2) is 24.3 Å². The van der Waals surface area contributed by atoms with Gasteiger partial charge in [0.15, 0.2) is 0 Å². The first kappa shape index (κ1) is 15.1. The molecule has 2 aromatic rings. The lowest BCUT2D eigenvalue weighted by atomic mass is 10.1. The number of rotatable bonds is 4. The zero-order valence-corrected chi connectivity index (χ0v) is 14.0. The quantitative estimate of drug-likeness (QED) is 0.853. The van der Waals surface area contributed by atoms with Gasteiger partial charge in [-0.2, -0.15) is 9.64 Å². The lowest BCUT2D eigenvalue weighted by Gasteiger charge is -2.34. The van der Waals surface area contributed by atoms with Gasteiger partial charge >= 0.3 is 0 Å². The third kappa shape index (κ3) is 3.10. The van der Waals surface area contributed by atoms with Gasteiger partial charge in [-0.15, -0.1) is 0 Å². The molecule has 0 atom stereocenters. The molecule has 7 heteroatoms. The van der Waals surface area contributed by atoms with E-state index in [4.69, 9.17) is 5.26 Å². The average molecular weight is 339 g/mol. The van der Waals surface area contributed by atoms with Gasteiger partial charge in [-0.3, -0.25) is 4.79 Å². The molecule has 2 aliphatic rings. The Morgan fingerprint density at radius 3 is 2.71 bits per heavy atom. The highest BCUT2D eigenvalue weighted by Gasteiger charge is 2.30. The number of hydrogen-bond donors (Lipinski definition) is 0. The summed E-state index contributed by atoms with van der Waals surface area (Å²) in [5.74, 6) is 1.60. The Labute approximate surface area is 144 Å². The van der Waals surface area contributed by atoms with Gasteiger partial charge in [-0.05, 0) is 30.5 Å². The van der Waals surface area contributed by atoms with E-state index in [0.717, 1.165) is 23.1 Å². The van der Waals surface area contributed by atoms with Crippen molar-refractivity contribution in [3.05, 3.63) is 41.2 Å². The van der Waals surface area contributed by atoms with E-state index in [2.05, 4.69) is 15.4 Å². The summed E-state index contributed by atoms with van der Waals surface area (Å²) in [6.07, 6.45) is 2.38. The van der Waals surface area contributed by atoms with E-state index in [1.807, 2.05) is 21.9 Å². The summed E-state index contributed by atoms with van der Waals surface area (Å²) in [6, 6.07) is 9.50. The Kier molecular flexibility index (Phi) is 3.90. The van der Waals surface area contributed by atoms with E-state index in [0.29, 0.717) is 31.1 Å². The Bertz CT molecular complexity index is 790. The van der Waals surface area contributed by atoms with Gasteiger partial charge in [0.1, 0.15) is 5.82 Å². The highest BCUT2D eigenvalue weighted by atomic mass is 32.1. The molecule has 0 spiro atoms. The van der Waals surface area contributed by atoms with Crippen LogP contribution in [0.3, 0.4) is 0 Å². The third-order valence-corrected chi connectivity index (χ3v) is 5.21. The molecule has 1 aromatic carbocycles. The minimum atomic E-state index is 0.105. The normalized spacial score (nSPS) is 17.9. The second kappa shape index (κ2) is 6.21. The Morgan fingerprint density at radius 1 is 1.25 bits per heavy atom. The van der Waals surface area contributed by atoms with Crippen LogP contribution in [0.5, 0.6) is 0 Å². The zero-order valence-electron chi connectivity index (χ0n) is 13.2. The molecule has 1 aromatic heterocycles. The van der Waals surface area contributed by atoms with Crippen molar-refractivity contribution < 1.29 is 4.79 Å². The summed E-state index contributed by atoms with van der Waals surface area (Å²) in [4.78, 5) is 20.9. The first-order valence-electron chi connectivity index (χ1n) is 8.08. The molecule has 1 aliphatic carbocycles. The molecule has 0 N–H and O–H groups in total. The molecule has 1 aliphatic heterocycles. The van der Waals surface area contributed by atoms with Crippen LogP contribution in [-0.2, 0) is 11.3 Å². The number of anilines is 1. The summed E-state index contributed by atoms with van der Waals surface area (Å²) in [5, 5.41) is 9.70. The van der Waals surface area contributed by atoms with E-state index >= 15 is 0 Å². The van der Waals surface area contributed by atoms with Crippen LogP contribution in [0.4, 0.5) is 5.13 Å². The van der Waals surface area contributed by atoms with E-state index in [9.17, 15) is 4.79 Å². The smallest absolute Gasteiger partial charge is 0.242 e. The number of nitriles is 1. The standard InChI is InChI=1S/C17H17N5OS/c18-9-12-1-3-13(4-2-12)10-21-7-8-22(11-15(21)23)17-19-16(20-24-17)14-5-6-14/h1-4,14H,5-8,10-11H2. The second-order valence-electron chi connectivity index (χ2n) is 6.26. The van der Waals surface area contributed by atoms with E-state index < -0.39 is 0 Å². The first-order chi connectivity index (χ1) is 11.7. The Hall–Kier alpha value is -2.46. The number of carbonyl (C=O) groups excluding carboxylic acids is 1. The molecule has 0 unspecified atom stereocenters. The molecule has 2 fully saturated rings. The van der Waals surface area contributed by atoms with Crippen LogP contribution in [0, 0.1) is 11.3 Å². The van der Waals surface area contributed by atoms with Gasteiger partial charge in [0.05, 0.1) is 18.2 Å². The molecular weight excluding hydrogens is 322 g/mol. The van der Waals surface area contributed by atoms with Crippen molar-refractivity contribution in [3.8, 4) is 6.07 Å². The van der Waals surface area contributed by atoms with Crippen molar-refractivity contribution in [3.63, 3.8) is 0 Å². The molecule has 0 bridgehead atoms. The van der Waals surface area contributed by atoms with Gasteiger partial charge < -0.3 is 9.80 Å². The highest BCUT2D eigenvalue weighted by molar-refractivity contribution is 7.09. The van der Waals surface area contributed by atoms with Gasteiger partial charge in [0.25, 0.3) is 0 Å². The minimum Gasteiger partial charge on any atom is -0.336 e. The molecule has 24 heavy (non-hydrogen) atoms. The second-order valence-corrected chi connectivity index (χ2v) is 6.99. The summed E-state index contributed by atoms with van der Waals surface area (Å²) in [5.41, 5.74) is 1.68. The number of aromatic nitrogens is 2. The van der Waals surface area contributed by atoms with Crippen molar-refractivity contribution >= 4 is 22.6 Å². The predicted molar refractivity (Wildman–Crippen MR) is 90.7 cm³/mol. The predicted octanol–water partition coefficient (Wildman–Crippen LogP) is 2.14. The van der Waals surface area contributed by atoms with Crippen LogP contribution >= 0.6 is 11.5 Å². The monoisotopic (exact) mass is 339 g/mol. The zero-order chi connectivity index (χ0) is 16.5. The largest absolute Gasteiger partial charge is 0.336 e. The maximum Gasteiger partial charge on any atom is 0.242 e. The topological polar surface area (TPSA) is 73.1 Å². The van der Waals surface area contributed by atoms with Gasteiger partial charge in [-0.25, -0.2) is 4.98 Å². The van der Waals surface area contributed by atoms with Crippen LogP contribution in [0.25, 0.3) is 0 Å². The average Bonchev–Trinajstić information content (AvgIpc) is 3.34. The number of benzene rings is 1. The fourth-order valence-electron chi connectivity index (χ4n) is 2.81.